The van der Waals surface area contributed by atoms with E-state index in [1.807, 2.05) is 48.5 Å². The topological polar surface area (TPSA) is 29.5 Å². The van der Waals surface area contributed by atoms with Crippen molar-refractivity contribution in [3.63, 3.8) is 0 Å². The minimum Gasteiger partial charge on any atom is -0.492 e. The van der Waals surface area contributed by atoms with Crippen LogP contribution in [0, 0.1) is 0 Å². The number of alkyl halides is 1. The first-order valence-corrected chi connectivity index (χ1v) is 9.61. The van der Waals surface area contributed by atoms with Crippen LogP contribution in [0.25, 0.3) is 11.1 Å². The highest BCUT2D eigenvalue weighted by Gasteiger charge is 2.14. The van der Waals surface area contributed by atoms with Crippen LogP contribution < -0.4 is 4.74 Å². The maximum absolute atomic E-state index is 9.72. The standard InChI is InChI=1S/C24H23ClO2/c25-16-18-27-22-13-11-21(12-14-22)24(20-9-5-2-6-10-20)23(15-17-26)19-7-3-1-4-8-19/h1-14,26H,15-18H2. The summed E-state index contributed by atoms with van der Waals surface area (Å²) in [5.74, 6) is 1.27. The molecular weight excluding hydrogens is 356 g/mol. The summed E-state index contributed by atoms with van der Waals surface area (Å²) < 4.78 is 5.60. The quantitative estimate of drug-likeness (QED) is 0.405. The lowest BCUT2D eigenvalue weighted by molar-refractivity contribution is 0.305. The first kappa shape index (κ1) is 19.2. The second-order valence-electron chi connectivity index (χ2n) is 6.12. The van der Waals surface area contributed by atoms with Crippen LogP contribution in [-0.4, -0.2) is 24.2 Å². The van der Waals surface area contributed by atoms with E-state index in [-0.39, 0.29) is 6.61 Å². The molecule has 3 aromatic rings. The molecule has 2 nitrogen and oxygen atoms in total. The SMILES string of the molecule is OCCC(=C(c1ccccc1)c1ccc(OCCCl)cc1)c1ccccc1. The minimum atomic E-state index is 0.0947. The van der Waals surface area contributed by atoms with Crippen LogP contribution in [0.4, 0.5) is 0 Å². The Morgan fingerprint density at radius 2 is 1.30 bits per heavy atom. The highest BCUT2D eigenvalue weighted by molar-refractivity contribution is 6.18. The molecule has 3 rings (SSSR count). The zero-order chi connectivity index (χ0) is 18.9. The predicted octanol–water partition coefficient (Wildman–Crippen LogP) is 5.65. The third-order valence-corrected chi connectivity index (χ3v) is 4.49. The third kappa shape index (κ3) is 5.00. The van der Waals surface area contributed by atoms with Gasteiger partial charge in [-0.05, 0) is 46.4 Å². The largest absolute Gasteiger partial charge is 0.492 e. The lowest BCUT2D eigenvalue weighted by Gasteiger charge is -2.17. The summed E-state index contributed by atoms with van der Waals surface area (Å²) in [5.41, 5.74) is 5.58. The van der Waals surface area contributed by atoms with Gasteiger partial charge < -0.3 is 9.84 Å². The molecule has 0 saturated heterocycles. The molecule has 0 radical (unpaired) electrons. The Balaban J connectivity index is 2.13. The number of ether oxygens (including phenoxy) is 1. The van der Waals surface area contributed by atoms with Crippen LogP contribution in [0.3, 0.4) is 0 Å². The van der Waals surface area contributed by atoms with Gasteiger partial charge in [0.05, 0.1) is 5.88 Å². The summed E-state index contributed by atoms with van der Waals surface area (Å²) in [5, 5.41) is 9.72. The molecule has 0 bridgehead atoms. The Bertz CT molecular complexity index is 856. The summed E-state index contributed by atoms with van der Waals surface area (Å²) in [6.45, 7) is 0.583. The minimum absolute atomic E-state index is 0.0947. The maximum Gasteiger partial charge on any atom is 0.119 e. The second kappa shape index (κ2) is 9.96. The van der Waals surface area contributed by atoms with Gasteiger partial charge in [-0.3, -0.25) is 0 Å². The van der Waals surface area contributed by atoms with Gasteiger partial charge in [0.25, 0.3) is 0 Å². The van der Waals surface area contributed by atoms with Crippen molar-refractivity contribution < 1.29 is 9.84 Å². The van der Waals surface area contributed by atoms with Crippen molar-refractivity contribution in [3.05, 3.63) is 102 Å². The number of hydrogen-bond acceptors (Lipinski definition) is 2. The maximum atomic E-state index is 9.72. The van der Waals surface area contributed by atoms with Crippen molar-refractivity contribution in [2.24, 2.45) is 0 Å². The molecule has 0 aliphatic heterocycles. The van der Waals surface area contributed by atoms with Crippen LogP contribution in [0.2, 0.25) is 0 Å². The van der Waals surface area contributed by atoms with Gasteiger partial charge in [0.1, 0.15) is 12.4 Å². The Labute approximate surface area is 165 Å². The zero-order valence-corrected chi connectivity index (χ0v) is 15.9. The number of benzene rings is 3. The Morgan fingerprint density at radius 3 is 1.85 bits per heavy atom. The Hall–Kier alpha value is -2.55. The number of hydrogen-bond donors (Lipinski definition) is 1. The van der Waals surface area contributed by atoms with Gasteiger partial charge in [0.15, 0.2) is 0 Å². The molecule has 0 saturated carbocycles. The van der Waals surface area contributed by atoms with E-state index < -0.39 is 0 Å². The van der Waals surface area contributed by atoms with Crippen LogP contribution >= 0.6 is 11.6 Å². The molecule has 0 amide bonds. The van der Waals surface area contributed by atoms with Crippen LogP contribution in [0.15, 0.2) is 84.9 Å². The number of aliphatic hydroxyl groups is 1. The smallest absolute Gasteiger partial charge is 0.119 e. The molecule has 0 aliphatic rings. The third-order valence-electron chi connectivity index (χ3n) is 4.34. The van der Waals surface area contributed by atoms with Gasteiger partial charge >= 0.3 is 0 Å². The first-order chi connectivity index (χ1) is 13.3. The number of halogens is 1. The number of rotatable bonds is 8. The molecule has 1 N–H and O–H groups in total. The Morgan fingerprint density at radius 1 is 0.741 bits per heavy atom. The van der Waals surface area contributed by atoms with Crippen molar-refractivity contribution in [1.29, 1.82) is 0 Å². The summed E-state index contributed by atoms with van der Waals surface area (Å²) in [4.78, 5) is 0. The van der Waals surface area contributed by atoms with Crippen molar-refractivity contribution in [2.45, 2.75) is 6.42 Å². The summed E-state index contributed by atoms with van der Waals surface area (Å²) >= 11 is 5.70. The fourth-order valence-corrected chi connectivity index (χ4v) is 3.24. The molecule has 0 unspecified atom stereocenters. The van der Waals surface area contributed by atoms with E-state index in [1.54, 1.807) is 0 Å². The summed E-state index contributed by atoms with van der Waals surface area (Å²) in [7, 11) is 0. The van der Waals surface area contributed by atoms with Gasteiger partial charge in [0.2, 0.25) is 0 Å². The highest BCUT2D eigenvalue weighted by Crippen LogP contribution is 2.34. The lowest BCUT2D eigenvalue weighted by Crippen LogP contribution is -1.99. The van der Waals surface area contributed by atoms with E-state index in [9.17, 15) is 5.11 Å². The fraction of sp³-hybridized carbons (Fsp3) is 0.167. The average Bonchev–Trinajstić information content (AvgIpc) is 2.74. The molecule has 27 heavy (non-hydrogen) atoms. The van der Waals surface area contributed by atoms with Crippen molar-refractivity contribution in [1.82, 2.24) is 0 Å². The van der Waals surface area contributed by atoms with Crippen molar-refractivity contribution >= 4 is 22.7 Å². The molecule has 0 heterocycles. The molecule has 0 fully saturated rings. The van der Waals surface area contributed by atoms with Gasteiger partial charge in [0, 0.05) is 6.61 Å². The molecule has 3 heteroatoms. The van der Waals surface area contributed by atoms with Crippen LogP contribution in [-0.2, 0) is 0 Å². The summed E-state index contributed by atoms with van der Waals surface area (Å²) in [6, 6.07) is 28.6. The van der Waals surface area contributed by atoms with E-state index in [4.69, 9.17) is 16.3 Å². The monoisotopic (exact) mass is 378 g/mol. The normalized spacial score (nSPS) is 11.8. The molecule has 0 atom stereocenters. The number of aliphatic hydroxyl groups excluding tert-OH is 1. The van der Waals surface area contributed by atoms with E-state index >= 15 is 0 Å². The van der Waals surface area contributed by atoms with Crippen LogP contribution in [0.5, 0.6) is 5.75 Å². The molecule has 0 spiro atoms. The molecule has 0 aliphatic carbocycles. The van der Waals surface area contributed by atoms with E-state index in [2.05, 4.69) is 36.4 Å². The van der Waals surface area contributed by atoms with Gasteiger partial charge in [-0.1, -0.05) is 72.8 Å². The van der Waals surface area contributed by atoms with Gasteiger partial charge in [-0.15, -0.1) is 11.6 Å². The molecule has 0 aromatic heterocycles. The van der Waals surface area contributed by atoms with Crippen molar-refractivity contribution in [2.75, 3.05) is 19.1 Å². The van der Waals surface area contributed by atoms with E-state index in [0.29, 0.717) is 18.9 Å². The zero-order valence-electron chi connectivity index (χ0n) is 15.1. The second-order valence-corrected chi connectivity index (χ2v) is 6.50. The van der Waals surface area contributed by atoms with Gasteiger partial charge in [-0.2, -0.15) is 0 Å². The molecule has 138 valence electrons. The highest BCUT2D eigenvalue weighted by atomic mass is 35.5. The lowest BCUT2D eigenvalue weighted by atomic mass is 9.88. The molecular formula is C24H23ClO2. The van der Waals surface area contributed by atoms with Crippen LogP contribution in [0.1, 0.15) is 23.1 Å². The van der Waals surface area contributed by atoms with E-state index in [1.165, 1.54) is 0 Å². The first-order valence-electron chi connectivity index (χ1n) is 9.07. The fourth-order valence-electron chi connectivity index (χ4n) is 3.16. The average molecular weight is 379 g/mol. The van der Waals surface area contributed by atoms with E-state index in [0.717, 1.165) is 33.6 Å². The predicted molar refractivity (Wildman–Crippen MR) is 113 cm³/mol. The van der Waals surface area contributed by atoms with Gasteiger partial charge in [-0.25, -0.2) is 0 Å². The van der Waals surface area contributed by atoms with Crippen molar-refractivity contribution in [3.8, 4) is 5.75 Å². The Kier molecular flexibility index (Phi) is 7.09. The summed E-state index contributed by atoms with van der Waals surface area (Å²) in [6.07, 6.45) is 0.582. The molecule has 3 aromatic carbocycles.